The van der Waals surface area contributed by atoms with Gasteiger partial charge in [-0.15, -0.1) is 0 Å². The highest BCUT2D eigenvalue weighted by Crippen LogP contribution is 2.17. The van der Waals surface area contributed by atoms with E-state index in [1.165, 1.54) is 0 Å². The van der Waals surface area contributed by atoms with E-state index in [-0.39, 0.29) is 5.95 Å². The number of aromatic nitrogens is 4. The van der Waals surface area contributed by atoms with Crippen LogP contribution in [0.25, 0.3) is 11.4 Å². The average molecular weight is 196 g/mol. The first-order valence-electron chi connectivity index (χ1n) is 3.56. The summed E-state index contributed by atoms with van der Waals surface area (Å²) >= 11 is 5.70. The van der Waals surface area contributed by atoms with Gasteiger partial charge in [-0.2, -0.15) is 5.10 Å². The Morgan fingerprint density at radius 1 is 1.31 bits per heavy atom. The Balaban J connectivity index is 2.53. The van der Waals surface area contributed by atoms with Crippen LogP contribution in [-0.4, -0.2) is 20.2 Å². The molecule has 0 radical (unpaired) electrons. The third kappa shape index (κ3) is 1.59. The highest BCUT2D eigenvalue weighted by Gasteiger charge is 2.04. The van der Waals surface area contributed by atoms with E-state index in [0.717, 1.165) is 0 Å². The lowest BCUT2D eigenvalue weighted by molar-refractivity contribution is 1.08. The van der Waals surface area contributed by atoms with Gasteiger partial charge in [-0.25, -0.2) is 9.97 Å². The summed E-state index contributed by atoms with van der Waals surface area (Å²) in [7, 11) is 0. The summed E-state index contributed by atoms with van der Waals surface area (Å²) in [5, 5.41) is 6.92. The van der Waals surface area contributed by atoms with Gasteiger partial charge >= 0.3 is 0 Å². The first kappa shape index (κ1) is 8.00. The van der Waals surface area contributed by atoms with Crippen LogP contribution in [0.1, 0.15) is 0 Å². The Kier molecular flexibility index (Phi) is 1.86. The molecule has 2 rings (SSSR count). The zero-order valence-corrected chi connectivity index (χ0v) is 7.28. The van der Waals surface area contributed by atoms with Gasteiger partial charge in [-0.3, -0.25) is 5.10 Å². The van der Waals surface area contributed by atoms with Crippen molar-refractivity contribution in [3.63, 3.8) is 0 Å². The summed E-state index contributed by atoms with van der Waals surface area (Å²) in [6, 6.07) is 3.38. The van der Waals surface area contributed by atoms with Crippen LogP contribution < -0.4 is 5.73 Å². The van der Waals surface area contributed by atoms with Gasteiger partial charge in [0.1, 0.15) is 10.8 Å². The van der Waals surface area contributed by atoms with Gasteiger partial charge in [0.25, 0.3) is 0 Å². The molecule has 0 aliphatic rings. The van der Waals surface area contributed by atoms with E-state index >= 15 is 0 Å². The zero-order valence-electron chi connectivity index (χ0n) is 6.53. The smallest absolute Gasteiger partial charge is 0.222 e. The van der Waals surface area contributed by atoms with Gasteiger partial charge in [0.2, 0.25) is 5.95 Å². The number of hydrogen-bond donors (Lipinski definition) is 2. The van der Waals surface area contributed by atoms with Crippen molar-refractivity contribution < 1.29 is 0 Å². The molecular formula is C7H6ClN5. The van der Waals surface area contributed by atoms with Crippen molar-refractivity contribution in [3.05, 3.63) is 23.5 Å². The van der Waals surface area contributed by atoms with Crippen LogP contribution in [-0.2, 0) is 0 Å². The normalized spacial score (nSPS) is 10.2. The zero-order chi connectivity index (χ0) is 9.26. The van der Waals surface area contributed by atoms with E-state index < -0.39 is 0 Å². The Labute approximate surface area is 79.0 Å². The maximum atomic E-state index is 5.70. The largest absolute Gasteiger partial charge is 0.368 e. The molecule has 0 saturated heterocycles. The van der Waals surface area contributed by atoms with Crippen LogP contribution >= 0.6 is 11.6 Å². The number of anilines is 1. The Hall–Kier alpha value is -1.62. The van der Waals surface area contributed by atoms with Gasteiger partial charge in [-0.05, 0) is 6.07 Å². The molecule has 2 heterocycles. The third-order valence-corrected chi connectivity index (χ3v) is 1.67. The predicted molar refractivity (Wildman–Crippen MR) is 49.0 cm³/mol. The van der Waals surface area contributed by atoms with Crippen LogP contribution in [0.15, 0.2) is 18.3 Å². The van der Waals surface area contributed by atoms with Crippen molar-refractivity contribution in [3.8, 4) is 11.4 Å². The maximum absolute atomic E-state index is 5.70. The molecular weight excluding hydrogens is 190 g/mol. The number of halogens is 1. The molecule has 0 unspecified atom stereocenters. The lowest BCUT2D eigenvalue weighted by Crippen LogP contribution is -1.96. The molecule has 0 fully saturated rings. The molecule has 0 bridgehead atoms. The molecule has 66 valence electrons. The molecule has 0 amide bonds. The number of aromatic amines is 1. The number of hydrogen-bond acceptors (Lipinski definition) is 4. The van der Waals surface area contributed by atoms with Crippen molar-refractivity contribution in [2.45, 2.75) is 0 Å². The van der Waals surface area contributed by atoms with Crippen LogP contribution in [0.2, 0.25) is 5.15 Å². The minimum Gasteiger partial charge on any atom is -0.368 e. The fraction of sp³-hybridized carbons (Fsp3) is 0. The van der Waals surface area contributed by atoms with Gasteiger partial charge < -0.3 is 5.73 Å². The standard InChI is InChI=1S/C7H6ClN5/c8-6-3-5(11-7(9)12-6)4-1-2-10-13-4/h1-3H,(H,10,13)(H2,9,11,12). The topological polar surface area (TPSA) is 80.5 Å². The van der Waals surface area contributed by atoms with Crippen molar-refractivity contribution in [1.82, 2.24) is 20.2 Å². The number of nitrogen functional groups attached to an aromatic ring is 1. The molecule has 0 spiro atoms. The Morgan fingerprint density at radius 3 is 2.77 bits per heavy atom. The fourth-order valence-corrected chi connectivity index (χ4v) is 1.16. The first-order valence-corrected chi connectivity index (χ1v) is 3.94. The maximum Gasteiger partial charge on any atom is 0.222 e. The molecule has 2 aromatic heterocycles. The lowest BCUT2D eigenvalue weighted by atomic mass is 10.3. The molecule has 6 heteroatoms. The highest BCUT2D eigenvalue weighted by atomic mass is 35.5. The van der Waals surface area contributed by atoms with E-state index in [1.807, 2.05) is 0 Å². The second-order valence-electron chi connectivity index (χ2n) is 2.39. The van der Waals surface area contributed by atoms with E-state index in [2.05, 4.69) is 20.2 Å². The number of H-pyrrole nitrogens is 1. The molecule has 13 heavy (non-hydrogen) atoms. The lowest BCUT2D eigenvalue weighted by Gasteiger charge is -1.97. The van der Waals surface area contributed by atoms with Crippen LogP contribution in [0.5, 0.6) is 0 Å². The van der Waals surface area contributed by atoms with Crippen molar-refractivity contribution in [2.75, 3.05) is 5.73 Å². The molecule has 0 aliphatic carbocycles. The molecule has 2 aromatic rings. The Morgan fingerprint density at radius 2 is 2.15 bits per heavy atom. The fourth-order valence-electron chi connectivity index (χ4n) is 0.969. The highest BCUT2D eigenvalue weighted by molar-refractivity contribution is 6.29. The molecule has 0 aliphatic heterocycles. The summed E-state index contributed by atoms with van der Waals surface area (Å²) in [5.41, 5.74) is 6.72. The summed E-state index contributed by atoms with van der Waals surface area (Å²) in [6.45, 7) is 0. The van der Waals surface area contributed by atoms with Gasteiger partial charge in [0.15, 0.2) is 0 Å². The molecule has 0 aromatic carbocycles. The summed E-state index contributed by atoms with van der Waals surface area (Å²) in [5.74, 6) is 0.144. The Bertz CT molecular complexity index is 391. The summed E-state index contributed by atoms with van der Waals surface area (Å²) in [4.78, 5) is 7.71. The SMILES string of the molecule is Nc1nc(Cl)cc(-c2cc[nH]n2)n1. The van der Waals surface area contributed by atoms with Crippen molar-refractivity contribution >= 4 is 17.5 Å². The molecule has 3 N–H and O–H groups in total. The van der Waals surface area contributed by atoms with Crippen molar-refractivity contribution in [1.29, 1.82) is 0 Å². The van der Waals surface area contributed by atoms with Crippen LogP contribution in [0.4, 0.5) is 5.95 Å². The van der Waals surface area contributed by atoms with E-state index in [0.29, 0.717) is 16.5 Å². The van der Waals surface area contributed by atoms with E-state index in [9.17, 15) is 0 Å². The predicted octanol–water partition coefficient (Wildman–Crippen LogP) is 1.10. The minimum atomic E-state index is 0.144. The first-order chi connectivity index (χ1) is 6.25. The second kappa shape index (κ2) is 3.02. The third-order valence-electron chi connectivity index (χ3n) is 1.48. The number of nitrogens with zero attached hydrogens (tertiary/aromatic N) is 3. The summed E-state index contributed by atoms with van der Waals surface area (Å²) in [6.07, 6.45) is 1.70. The van der Waals surface area contributed by atoms with Crippen LogP contribution in [0.3, 0.4) is 0 Å². The van der Waals surface area contributed by atoms with E-state index in [4.69, 9.17) is 17.3 Å². The summed E-state index contributed by atoms with van der Waals surface area (Å²) < 4.78 is 0. The number of nitrogens with two attached hydrogens (primary N) is 1. The number of rotatable bonds is 1. The monoisotopic (exact) mass is 195 g/mol. The van der Waals surface area contributed by atoms with Gasteiger partial charge in [0, 0.05) is 12.3 Å². The van der Waals surface area contributed by atoms with Gasteiger partial charge in [0.05, 0.1) is 5.69 Å². The molecule has 0 saturated carbocycles. The number of nitrogens with one attached hydrogen (secondary N) is 1. The van der Waals surface area contributed by atoms with Crippen LogP contribution in [0, 0.1) is 0 Å². The van der Waals surface area contributed by atoms with Crippen molar-refractivity contribution in [2.24, 2.45) is 0 Å². The second-order valence-corrected chi connectivity index (χ2v) is 2.78. The quantitative estimate of drug-likeness (QED) is 0.668. The van der Waals surface area contributed by atoms with Gasteiger partial charge in [-0.1, -0.05) is 11.6 Å². The van der Waals surface area contributed by atoms with E-state index in [1.54, 1.807) is 18.3 Å². The minimum absolute atomic E-state index is 0.144. The average Bonchev–Trinajstić information content (AvgIpc) is 2.53. The molecule has 0 atom stereocenters. The molecule has 5 nitrogen and oxygen atoms in total.